The van der Waals surface area contributed by atoms with Crippen molar-refractivity contribution in [3.63, 3.8) is 0 Å². The molecule has 0 bridgehead atoms. The van der Waals surface area contributed by atoms with E-state index in [2.05, 4.69) is 9.97 Å². The molecule has 2 aromatic heterocycles. The third-order valence-corrected chi connectivity index (χ3v) is 3.06. The van der Waals surface area contributed by atoms with Gasteiger partial charge in [0.2, 0.25) is 0 Å². The van der Waals surface area contributed by atoms with E-state index >= 15 is 0 Å². The van der Waals surface area contributed by atoms with Crippen molar-refractivity contribution < 1.29 is 0 Å². The molecule has 7 nitrogen and oxygen atoms in total. The van der Waals surface area contributed by atoms with Gasteiger partial charge < -0.3 is 11.9 Å². The highest BCUT2D eigenvalue weighted by molar-refractivity contribution is 5.83. The third kappa shape index (κ3) is 3.80. The summed E-state index contributed by atoms with van der Waals surface area (Å²) in [4.78, 5) is 20.6. The smallest absolute Gasteiger partial charge is 0.335 e. The number of nitrogens with zero attached hydrogens (tertiary/aromatic N) is 4. The van der Waals surface area contributed by atoms with Crippen molar-refractivity contribution in [2.24, 2.45) is 0 Å². The van der Waals surface area contributed by atoms with Gasteiger partial charge in [0.05, 0.1) is 5.69 Å². The molecule has 0 saturated heterocycles. The van der Waals surface area contributed by atoms with Crippen LogP contribution in [0.5, 0.6) is 0 Å². The van der Waals surface area contributed by atoms with Crippen LogP contribution in [-0.2, 0) is 6.54 Å². The molecule has 0 fully saturated rings. The Kier molecular flexibility index (Phi) is 9.04. The summed E-state index contributed by atoms with van der Waals surface area (Å²) in [6.07, 6.45) is 1.37. The van der Waals surface area contributed by atoms with Gasteiger partial charge in [-0.2, -0.15) is 0 Å². The lowest BCUT2D eigenvalue weighted by molar-refractivity contribution is 0.727. The molecule has 0 spiro atoms. The van der Waals surface area contributed by atoms with E-state index < -0.39 is 0 Å². The normalized spacial score (nSPS) is 9.21. The molecule has 0 atom stereocenters. The van der Waals surface area contributed by atoms with E-state index in [0.717, 1.165) is 5.69 Å². The van der Waals surface area contributed by atoms with Crippen molar-refractivity contribution >= 4 is 17.0 Å². The van der Waals surface area contributed by atoms with Crippen LogP contribution in [0.4, 0.5) is 5.82 Å². The van der Waals surface area contributed by atoms with Crippen LogP contribution in [0.1, 0.15) is 34.6 Å². The van der Waals surface area contributed by atoms with Crippen LogP contribution in [0.3, 0.4) is 0 Å². The first-order valence-electron chi connectivity index (χ1n) is 8.01. The predicted octanol–water partition coefficient (Wildman–Crippen LogP) is 3.40. The number of fused-ring (bicyclic) bond motifs is 1. The highest BCUT2D eigenvalue weighted by Crippen LogP contribution is 2.19. The number of rotatable bonds is 2. The number of hydrogen-bond acceptors (Lipinski definition) is 5. The van der Waals surface area contributed by atoms with Gasteiger partial charge in [-0.25, -0.2) is 14.8 Å². The van der Waals surface area contributed by atoms with Crippen molar-refractivity contribution in [2.45, 2.75) is 41.2 Å². The van der Waals surface area contributed by atoms with E-state index in [1.54, 1.807) is 9.13 Å². The summed E-state index contributed by atoms with van der Waals surface area (Å²) in [6, 6.07) is 9.35. The lowest BCUT2D eigenvalue weighted by atomic mass is 10.3. The number of anilines is 1. The van der Waals surface area contributed by atoms with Gasteiger partial charge in [0.1, 0.15) is 11.8 Å². The van der Waals surface area contributed by atoms with Gasteiger partial charge in [-0.1, -0.05) is 45.9 Å². The van der Waals surface area contributed by atoms with Crippen LogP contribution in [-0.4, -0.2) is 19.1 Å². The second-order valence-corrected chi connectivity index (χ2v) is 4.13. The molecule has 0 saturated carbocycles. The second kappa shape index (κ2) is 10.2. The number of nitrogens with two attached hydrogens (primary N) is 1. The number of para-hydroxylation sites is 1. The highest BCUT2D eigenvalue weighted by atomic mass is 16.1. The molecule has 0 unspecified atom stereocenters. The fourth-order valence-electron chi connectivity index (χ4n) is 2.20. The Balaban J connectivity index is 0.000000987. The molecule has 0 amide bonds. The Morgan fingerprint density at radius 3 is 2.17 bits per heavy atom. The molecule has 3 rings (SSSR count). The summed E-state index contributed by atoms with van der Waals surface area (Å²) in [5, 5.41) is 0. The maximum atomic E-state index is 12.5. The first-order chi connectivity index (χ1) is 11.2. The molecule has 7 heteroatoms. The van der Waals surface area contributed by atoms with Crippen molar-refractivity contribution in [3.05, 3.63) is 47.1 Å². The zero-order chi connectivity index (χ0) is 17.4. The maximum absolute atomic E-state index is 12.5. The second-order valence-electron chi connectivity index (χ2n) is 4.13. The van der Waals surface area contributed by atoms with Crippen LogP contribution in [0, 0.1) is 0 Å². The zero-order valence-corrected chi connectivity index (χ0v) is 15.2. The molecule has 1 aromatic carbocycles. The molecular formula is C17H28N6O. The predicted molar refractivity (Wildman–Crippen MR) is 101 cm³/mol. The molecule has 24 heavy (non-hydrogen) atoms. The third-order valence-electron chi connectivity index (χ3n) is 3.06. The van der Waals surface area contributed by atoms with Gasteiger partial charge in [-0.15, -0.1) is 0 Å². The largest absolute Gasteiger partial charge is 0.382 e. The van der Waals surface area contributed by atoms with E-state index in [9.17, 15) is 4.79 Å². The van der Waals surface area contributed by atoms with E-state index in [1.165, 1.54) is 6.33 Å². The average molecular weight is 332 g/mol. The Morgan fingerprint density at radius 1 is 1.04 bits per heavy atom. The van der Waals surface area contributed by atoms with E-state index in [4.69, 9.17) is 5.73 Å². The van der Waals surface area contributed by atoms with E-state index in [-0.39, 0.29) is 11.8 Å². The number of imidazole rings is 1. The monoisotopic (exact) mass is 332 g/mol. The van der Waals surface area contributed by atoms with Crippen molar-refractivity contribution in [2.75, 3.05) is 5.73 Å². The van der Waals surface area contributed by atoms with Gasteiger partial charge in [0.15, 0.2) is 11.5 Å². The summed E-state index contributed by atoms with van der Waals surface area (Å²) in [6.45, 7) is 10.4. The molecule has 132 valence electrons. The molecule has 0 radical (unpaired) electrons. The molecule has 0 aliphatic heterocycles. The molecule has 2 heterocycles. The van der Waals surface area contributed by atoms with Crippen LogP contribution >= 0.6 is 0 Å². The van der Waals surface area contributed by atoms with Crippen LogP contribution in [0.25, 0.3) is 16.9 Å². The Bertz CT molecular complexity index is 792. The van der Waals surface area contributed by atoms with Gasteiger partial charge in [0, 0.05) is 6.54 Å². The minimum Gasteiger partial charge on any atom is -0.382 e. The van der Waals surface area contributed by atoms with Gasteiger partial charge in [-0.05, 0) is 19.1 Å². The first kappa shape index (κ1) is 21.3. The Morgan fingerprint density at radius 2 is 1.62 bits per heavy atom. The van der Waals surface area contributed by atoms with Crippen LogP contribution in [0.15, 0.2) is 41.5 Å². The highest BCUT2D eigenvalue weighted by Gasteiger charge is 2.17. The molecule has 5 N–H and O–H groups in total. The summed E-state index contributed by atoms with van der Waals surface area (Å²) >= 11 is 0. The molecule has 3 aromatic rings. The Hall–Kier alpha value is -2.67. The topological polar surface area (TPSA) is 114 Å². The minimum absolute atomic E-state index is 0. The summed E-state index contributed by atoms with van der Waals surface area (Å²) < 4.78 is 3.13. The standard InChI is InChI=1S/C13H13N5O.2C2H6.H3N/c1-2-17-12-10(11(14)15-8-16-12)18(13(17)19)9-6-4-3-5-7-9;2*1-2;/h3-8H,2H2,1H3,(H2,14,15,16);2*1-2H3;1H3. The van der Waals surface area contributed by atoms with Crippen molar-refractivity contribution in [1.29, 1.82) is 0 Å². The molecule has 0 aliphatic rings. The zero-order valence-electron chi connectivity index (χ0n) is 15.2. The fourth-order valence-corrected chi connectivity index (χ4v) is 2.20. The van der Waals surface area contributed by atoms with Gasteiger partial charge >= 0.3 is 5.69 Å². The van der Waals surface area contributed by atoms with E-state index in [0.29, 0.717) is 23.5 Å². The number of nitrogen functional groups attached to an aromatic ring is 1. The quantitative estimate of drug-likeness (QED) is 0.746. The number of aryl methyl sites for hydroxylation is 1. The lowest BCUT2D eigenvalue weighted by Gasteiger charge is -2.03. The first-order valence-corrected chi connectivity index (χ1v) is 8.01. The SMILES string of the molecule is CC.CC.CCn1c(=O)n(-c2ccccc2)c2c(N)ncnc21.N. The lowest BCUT2D eigenvalue weighted by Crippen LogP contribution is -2.22. The van der Waals surface area contributed by atoms with Crippen molar-refractivity contribution in [1.82, 2.24) is 25.3 Å². The number of aromatic nitrogens is 4. The summed E-state index contributed by atoms with van der Waals surface area (Å²) in [7, 11) is 0. The van der Waals surface area contributed by atoms with Gasteiger partial charge in [-0.3, -0.25) is 9.13 Å². The van der Waals surface area contributed by atoms with Crippen LogP contribution in [0.2, 0.25) is 0 Å². The summed E-state index contributed by atoms with van der Waals surface area (Å²) in [5.74, 6) is 0.304. The van der Waals surface area contributed by atoms with Crippen LogP contribution < -0.4 is 17.6 Å². The van der Waals surface area contributed by atoms with E-state index in [1.807, 2.05) is 65.0 Å². The minimum atomic E-state index is -0.157. The van der Waals surface area contributed by atoms with Gasteiger partial charge in [0.25, 0.3) is 0 Å². The van der Waals surface area contributed by atoms with Crippen molar-refractivity contribution in [3.8, 4) is 5.69 Å². The number of hydrogen-bond donors (Lipinski definition) is 2. The molecule has 0 aliphatic carbocycles. The number of benzene rings is 1. The maximum Gasteiger partial charge on any atom is 0.335 e. The Labute approximate surface area is 142 Å². The summed E-state index contributed by atoms with van der Waals surface area (Å²) in [5.41, 5.74) is 7.62. The molecular weight excluding hydrogens is 304 g/mol. The fraction of sp³-hybridized carbons (Fsp3) is 0.353. The average Bonchev–Trinajstić information content (AvgIpc) is 2.92.